The lowest BCUT2D eigenvalue weighted by molar-refractivity contribution is -0.140. The molecule has 0 radical (unpaired) electrons. The number of esters is 4. The van der Waals surface area contributed by atoms with Crippen LogP contribution in [0.1, 0.15) is 94.9 Å². The number of carbonyl (C=O) groups excluding carboxylic acids is 8. The first-order valence-corrected chi connectivity index (χ1v) is 21.6. The Kier molecular flexibility index (Phi) is 32.2. The molecule has 0 rings (SSSR count). The van der Waals surface area contributed by atoms with E-state index in [9.17, 15) is 38.4 Å². The van der Waals surface area contributed by atoms with Crippen molar-refractivity contribution in [2.24, 2.45) is 22.7 Å². The number of nitrogens with one attached hydrogen (secondary N) is 4. The summed E-state index contributed by atoms with van der Waals surface area (Å²) >= 11 is 0. The first-order chi connectivity index (χ1) is 30.7. The van der Waals surface area contributed by atoms with Crippen LogP contribution in [0, 0.1) is 22.7 Å². The molecule has 0 aromatic carbocycles. The molecule has 2 unspecified atom stereocenters. The van der Waals surface area contributed by atoms with Gasteiger partial charge in [0.15, 0.2) is 0 Å². The van der Waals surface area contributed by atoms with E-state index in [4.69, 9.17) is 37.9 Å². The summed E-state index contributed by atoms with van der Waals surface area (Å²) in [5.41, 5.74) is 0.841. The molecule has 0 saturated heterocycles. The van der Waals surface area contributed by atoms with E-state index in [0.717, 1.165) is 19.3 Å². The highest BCUT2D eigenvalue weighted by molar-refractivity contribution is 5.88. The number of carbonyl (C=O) groups is 8. The Bertz CT molecular complexity index is 1640. The summed E-state index contributed by atoms with van der Waals surface area (Å²) in [4.78, 5) is 91.8. The summed E-state index contributed by atoms with van der Waals surface area (Å²) in [6.07, 6.45) is 0.713. The van der Waals surface area contributed by atoms with Gasteiger partial charge >= 0.3 is 48.3 Å². The van der Waals surface area contributed by atoms with Gasteiger partial charge in [0.2, 0.25) is 0 Å². The van der Waals surface area contributed by atoms with Gasteiger partial charge in [0.25, 0.3) is 0 Å². The second-order valence-corrected chi connectivity index (χ2v) is 17.3. The van der Waals surface area contributed by atoms with Crippen LogP contribution in [0.3, 0.4) is 0 Å². The fourth-order valence-corrected chi connectivity index (χ4v) is 5.50. The Morgan fingerprint density at radius 3 is 1.09 bits per heavy atom. The average Bonchev–Trinajstić information content (AvgIpc) is 3.21. The van der Waals surface area contributed by atoms with Gasteiger partial charge in [0.1, 0.15) is 52.9 Å². The molecule has 0 aliphatic rings. The van der Waals surface area contributed by atoms with Crippen molar-refractivity contribution >= 4 is 48.3 Å². The Morgan fingerprint density at radius 1 is 0.424 bits per heavy atom. The van der Waals surface area contributed by atoms with Crippen LogP contribution < -0.4 is 21.3 Å². The number of ether oxygens (including phenoxy) is 8. The van der Waals surface area contributed by atoms with Crippen molar-refractivity contribution < 1.29 is 76.3 Å². The van der Waals surface area contributed by atoms with E-state index in [0.29, 0.717) is 32.6 Å². The molecule has 66 heavy (non-hydrogen) atoms. The number of alkyl carbamates (subject to hydrolysis) is 4. The molecule has 4 N–H and O–H groups in total. The molecule has 0 heterocycles. The van der Waals surface area contributed by atoms with Crippen LogP contribution in [0.15, 0.2) is 48.6 Å². The maximum Gasteiger partial charge on any atom is 0.407 e. The summed E-state index contributed by atoms with van der Waals surface area (Å²) in [6.45, 7) is 33.6. The van der Waals surface area contributed by atoms with Crippen molar-refractivity contribution in [3.63, 3.8) is 0 Å². The third kappa shape index (κ3) is 36.3. The van der Waals surface area contributed by atoms with E-state index in [1.165, 1.54) is 27.7 Å². The molecule has 376 valence electrons. The Hall–Kier alpha value is -6.08. The lowest BCUT2D eigenvalue weighted by Gasteiger charge is -2.28. The van der Waals surface area contributed by atoms with E-state index < -0.39 is 48.3 Å². The molecular formula is C46H76N4O16. The van der Waals surface area contributed by atoms with Gasteiger partial charge in [-0.3, -0.25) is 0 Å². The standard InChI is InChI=1S/2C23H38N2O8/c1-16(2)19(26)30-10-12-32-21(28)24-9-8-23(6,7)14-18(5)15-25-22(29)33-13-11-31-20(27)17(3)4;1-16(2)19(26)30-10-12-32-21(28)24-9-8-18(5)14-23(6,7)15-25-22(29)33-13-11-31-20(27)17(3)4/h2*18H,1,3,8-15H2,2,4-7H3,(H,24,28)(H,25,29). The molecule has 0 spiro atoms. The van der Waals surface area contributed by atoms with Gasteiger partial charge < -0.3 is 59.2 Å². The Balaban J connectivity index is 0. The van der Waals surface area contributed by atoms with E-state index >= 15 is 0 Å². The van der Waals surface area contributed by atoms with Crippen molar-refractivity contribution in [3.8, 4) is 0 Å². The Labute approximate surface area is 390 Å². The molecule has 0 bridgehead atoms. The summed E-state index contributed by atoms with van der Waals surface area (Å²) in [5, 5.41) is 10.7. The molecule has 0 saturated carbocycles. The number of amides is 4. The van der Waals surface area contributed by atoms with E-state index in [2.05, 4.69) is 68.4 Å². The fourth-order valence-electron chi connectivity index (χ4n) is 5.50. The third-order valence-electron chi connectivity index (χ3n) is 8.68. The van der Waals surface area contributed by atoms with Crippen LogP contribution in [-0.2, 0) is 57.1 Å². The highest BCUT2D eigenvalue weighted by Gasteiger charge is 2.24. The van der Waals surface area contributed by atoms with Crippen molar-refractivity contribution in [2.45, 2.75) is 94.9 Å². The van der Waals surface area contributed by atoms with Crippen LogP contribution in [0.5, 0.6) is 0 Å². The van der Waals surface area contributed by atoms with Crippen LogP contribution in [0.2, 0.25) is 0 Å². The van der Waals surface area contributed by atoms with Gasteiger partial charge in [-0.25, -0.2) is 38.4 Å². The minimum absolute atomic E-state index is 0.0290. The minimum atomic E-state index is -0.583. The van der Waals surface area contributed by atoms with Crippen molar-refractivity contribution in [1.29, 1.82) is 0 Å². The van der Waals surface area contributed by atoms with Crippen molar-refractivity contribution in [2.75, 3.05) is 79.0 Å². The third-order valence-corrected chi connectivity index (χ3v) is 8.68. The molecule has 2 atom stereocenters. The zero-order chi connectivity index (χ0) is 50.9. The second kappa shape index (κ2) is 34.3. The van der Waals surface area contributed by atoms with Gasteiger partial charge in [0, 0.05) is 48.5 Å². The fraction of sp³-hybridized carbons (Fsp3) is 0.652. The summed E-state index contributed by atoms with van der Waals surface area (Å²) < 4.78 is 39.2. The van der Waals surface area contributed by atoms with Gasteiger partial charge in [-0.15, -0.1) is 0 Å². The molecule has 0 aliphatic heterocycles. The zero-order valence-corrected chi connectivity index (χ0v) is 40.8. The molecule has 4 amide bonds. The minimum Gasteiger partial charge on any atom is -0.459 e. The van der Waals surface area contributed by atoms with Crippen LogP contribution in [0.4, 0.5) is 19.2 Å². The molecule has 0 aromatic rings. The lowest BCUT2D eigenvalue weighted by Crippen LogP contribution is -2.36. The number of hydrogen-bond acceptors (Lipinski definition) is 16. The van der Waals surface area contributed by atoms with Crippen molar-refractivity contribution in [1.82, 2.24) is 21.3 Å². The largest absolute Gasteiger partial charge is 0.459 e. The first-order valence-electron chi connectivity index (χ1n) is 21.6. The summed E-state index contributed by atoms with van der Waals surface area (Å²) in [6, 6.07) is 0. The van der Waals surface area contributed by atoms with E-state index in [-0.39, 0.29) is 97.8 Å². The zero-order valence-electron chi connectivity index (χ0n) is 40.8. The van der Waals surface area contributed by atoms with Gasteiger partial charge in [-0.2, -0.15) is 0 Å². The molecule has 20 heteroatoms. The summed E-state index contributed by atoms with van der Waals surface area (Å²) in [5.74, 6) is -1.66. The molecule has 0 aromatic heterocycles. The predicted octanol–water partition coefficient (Wildman–Crippen LogP) is 6.24. The van der Waals surface area contributed by atoms with E-state index in [1.54, 1.807) is 0 Å². The Morgan fingerprint density at radius 2 is 0.727 bits per heavy atom. The lowest BCUT2D eigenvalue weighted by atomic mass is 9.80. The second-order valence-electron chi connectivity index (χ2n) is 17.3. The molecule has 0 fully saturated rings. The highest BCUT2D eigenvalue weighted by Crippen LogP contribution is 2.29. The molecule has 0 aliphatic carbocycles. The van der Waals surface area contributed by atoms with Gasteiger partial charge in [-0.1, -0.05) is 67.9 Å². The average molecular weight is 941 g/mol. The SMILES string of the molecule is C=C(C)C(=O)OCCOC(=O)NCCC(C)(C)CC(C)CNC(=O)OCCOC(=O)C(=C)C.C=C(C)C(=O)OCCOC(=O)NCCC(C)CC(C)(C)CNC(=O)OCCOC(=O)C(=C)C. The van der Waals surface area contributed by atoms with Gasteiger partial charge in [-0.05, 0) is 76.0 Å². The predicted molar refractivity (Wildman–Crippen MR) is 245 cm³/mol. The number of hydrogen-bond donors (Lipinski definition) is 4. The quantitative estimate of drug-likeness (QED) is 0.0269. The normalized spacial score (nSPS) is 11.5. The smallest absolute Gasteiger partial charge is 0.407 e. The highest BCUT2D eigenvalue weighted by atomic mass is 16.6. The van der Waals surface area contributed by atoms with Crippen molar-refractivity contribution in [3.05, 3.63) is 48.6 Å². The van der Waals surface area contributed by atoms with Crippen LogP contribution in [-0.4, -0.2) is 127 Å². The van der Waals surface area contributed by atoms with Crippen LogP contribution in [0.25, 0.3) is 0 Å². The first kappa shape index (κ1) is 62.0. The molecule has 20 nitrogen and oxygen atoms in total. The summed E-state index contributed by atoms with van der Waals surface area (Å²) in [7, 11) is 0. The van der Waals surface area contributed by atoms with Gasteiger partial charge in [0.05, 0.1) is 0 Å². The maximum absolute atomic E-state index is 11.8. The van der Waals surface area contributed by atoms with E-state index in [1.807, 2.05) is 20.8 Å². The molecular weight excluding hydrogens is 865 g/mol. The van der Waals surface area contributed by atoms with Crippen LogP contribution >= 0.6 is 0 Å². The topological polar surface area (TPSA) is 259 Å². The monoisotopic (exact) mass is 941 g/mol. The maximum atomic E-state index is 11.8. The number of rotatable bonds is 30.